The first-order valence-corrected chi connectivity index (χ1v) is 14.8. The number of nitrogens with zero attached hydrogens (tertiary/aromatic N) is 5. The van der Waals surface area contributed by atoms with E-state index in [0.717, 1.165) is 34.6 Å². The van der Waals surface area contributed by atoms with Crippen molar-refractivity contribution in [1.82, 2.24) is 29.6 Å². The Bertz CT molecular complexity index is 1860. The van der Waals surface area contributed by atoms with Crippen molar-refractivity contribution in [2.75, 3.05) is 6.54 Å². The third-order valence-corrected chi connectivity index (χ3v) is 7.54. The Kier molecular flexibility index (Phi) is 9.06. The van der Waals surface area contributed by atoms with Crippen LogP contribution in [0.2, 0.25) is 0 Å². The summed E-state index contributed by atoms with van der Waals surface area (Å²) in [4.78, 5) is 42.3. The highest BCUT2D eigenvalue weighted by Crippen LogP contribution is 2.22. The summed E-state index contributed by atoms with van der Waals surface area (Å²) in [6.45, 7) is 4.29. The number of aromatic nitrogens is 4. The van der Waals surface area contributed by atoms with Gasteiger partial charge >= 0.3 is 0 Å². The largest absolute Gasteiger partial charge is 0.365 e. The van der Waals surface area contributed by atoms with Crippen molar-refractivity contribution < 1.29 is 14.4 Å². The minimum absolute atomic E-state index is 0.142. The molecular weight excluding hydrogens is 576 g/mol. The first-order valence-electron chi connectivity index (χ1n) is 14.0. The third kappa shape index (κ3) is 6.96. The van der Waals surface area contributed by atoms with Gasteiger partial charge in [-0.3, -0.25) is 14.4 Å². The molecule has 4 N–H and O–H groups in total. The van der Waals surface area contributed by atoms with Crippen molar-refractivity contribution in [3.05, 3.63) is 106 Å². The van der Waals surface area contributed by atoms with Crippen LogP contribution in [0.25, 0.3) is 16.9 Å². The number of nitrogens with one attached hydrogen (secondary N) is 2. The zero-order valence-electron chi connectivity index (χ0n) is 24.2. The number of fused-ring (bicyclic) bond motifs is 1. The van der Waals surface area contributed by atoms with Gasteiger partial charge in [0.05, 0.1) is 28.9 Å². The Morgan fingerprint density at radius 2 is 1.86 bits per heavy atom. The molecule has 0 aliphatic heterocycles. The highest BCUT2D eigenvalue weighted by atomic mass is 32.1. The van der Waals surface area contributed by atoms with Crippen molar-refractivity contribution in [3.8, 4) is 17.3 Å². The second-order valence-corrected chi connectivity index (χ2v) is 11.4. The summed E-state index contributed by atoms with van der Waals surface area (Å²) >= 11 is 1.08. The van der Waals surface area contributed by atoms with Gasteiger partial charge < -0.3 is 20.8 Å². The molecule has 5 rings (SSSR count). The predicted molar refractivity (Wildman–Crippen MR) is 166 cm³/mol. The first kappa shape index (κ1) is 30.1. The van der Waals surface area contributed by atoms with Gasteiger partial charge in [0, 0.05) is 35.4 Å². The average molecular weight is 607 g/mol. The fraction of sp³-hybridized carbons (Fsp3) is 0.219. The minimum atomic E-state index is -0.551. The van der Waals surface area contributed by atoms with Crippen molar-refractivity contribution in [2.24, 2.45) is 11.7 Å². The van der Waals surface area contributed by atoms with E-state index in [9.17, 15) is 19.6 Å². The van der Waals surface area contributed by atoms with Crippen LogP contribution in [-0.2, 0) is 12.8 Å². The standard InChI is InChI=1S/C32H30N8O3S/c1-19(2)12-22-9-10-23(14-24(22)15-33)31(42)36-25(16-35-32(43)28-18-44-39-38-28)13-20-5-7-21(8-6-20)27-17-40-11-3-4-26(29(34)41)30(40)37-27/h3-11,14,17-19,25H,12-13,16H2,1-2H3,(H2,34,41)(H,35,43)(H,36,42)/t25-/m0/s1. The van der Waals surface area contributed by atoms with Gasteiger partial charge in [-0.05, 0) is 65.7 Å². The quantitative estimate of drug-likeness (QED) is 0.205. The summed E-state index contributed by atoms with van der Waals surface area (Å²) in [6.07, 6.45) is 4.77. The van der Waals surface area contributed by atoms with Crippen LogP contribution in [0.3, 0.4) is 0 Å². The molecule has 3 heterocycles. The van der Waals surface area contributed by atoms with E-state index in [2.05, 4.69) is 45.1 Å². The number of hydrogen-bond donors (Lipinski definition) is 3. The van der Waals surface area contributed by atoms with E-state index < -0.39 is 11.9 Å². The van der Waals surface area contributed by atoms with Crippen LogP contribution < -0.4 is 16.4 Å². The Hall–Kier alpha value is -5.41. The average Bonchev–Trinajstić information content (AvgIpc) is 3.71. The Morgan fingerprint density at radius 1 is 1.07 bits per heavy atom. The number of nitrogens with two attached hydrogens (primary N) is 1. The number of rotatable bonds is 11. The van der Waals surface area contributed by atoms with Crippen molar-refractivity contribution in [2.45, 2.75) is 32.7 Å². The number of imidazole rings is 1. The number of pyridine rings is 1. The lowest BCUT2D eigenvalue weighted by Gasteiger charge is -2.20. The lowest BCUT2D eigenvalue weighted by molar-refractivity contribution is 0.0906. The van der Waals surface area contributed by atoms with Gasteiger partial charge in [-0.2, -0.15) is 5.26 Å². The van der Waals surface area contributed by atoms with Crippen molar-refractivity contribution >= 4 is 34.9 Å². The predicted octanol–water partition coefficient (Wildman–Crippen LogP) is 3.79. The van der Waals surface area contributed by atoms with E-state index >= 15 is 0 Å². The molecule has 0 radical (unpaired) electrons. The van der Waals surface area contributed by atoms with E-state index in [1.807, 2.05) is 36.5 Å². The fourth-order valence-corrected chi connectivity index (χ4v) is 5.33. The molecule has 12 heteroatoms. The zero-order chi connectivity index (χ0) is 31.2. The highest BCUT2D eigenvalue weighted by molar-refractivity contribution is 7.03. The van der Waals surface area contributed by atoms with E-state index in [4.69, 9.17) is 5.73 Å². The second kappa shape index (κ2) is 13.3. The van der Waals surface area contributed by atoms with Crippen LogP contribution in [0, 0.1) is 17.2 Å². The fourth-order valence-electron chi connectivity index (χ4n) is 4.89. The van der Waals surface area contributed by atoms with Gasteiger partial charge in [0.2, 0.25) is 0 Å². The topological polar surface area (TPSA) is 168 Å². The van der Waals surface area contributed by atoms with Crippen molar-refractivity contribution in [3.63, 3.8) is 0 Å². The minimum Gasteiger partial charge on any atom is -0.365 e. The van der Waals surface area contributed by atoms with Crippen LogP contribution >= 0.6 is 11.5 Å². The molecule has 0 fully saturated rings. The number of carbonyl (C=O) groups excluding carboxylic acids is 3. The zero-order valence-corrected chi connectivity index (χ0v) is 25.0. The Balaban J connectivity index is 1.34. The van der Waals surface area contributed by atoms with Gasteiger partial charge in [0.15, 0.2) is 5.69 Å². The highest BCUT2D eigenvalue weighted by Gasteiger charge is 2.19. The molecule has 11 nitrogen and oxygen atoms in total. The summed E-state index contributed by atoms with van der Waals surface area (Å²) in [5.74, 6) is -0.918. The van der Waals surface area contributed by atoms with Crippen LogP contribution in [0.4, 0.5) is 0 Å². The molecule has 3 aromatic heterocycles. The molecule has 1 atom stereocenters. The van der Waals surface area contributed by atoms with Crippen LogP contribution in [-0.4, -0.2) is 49.3 Å². The lowest BCUT2D eigenvalue weighted by Crippen LogP contribution is -2.45. The molecule has 0 saturated carbocycles. The first-order chi connectivity index (χ1) is 21.2. The Morgan fingerprint density at radius 3 is 2.55 bits per heavy atom. The maximum absolute atomic E-state index is 13.3. The maximum Gasteiger partial charge on any atom is 0.272 e. The monoisotopic (exact) mass is 606 g/mol. The Labute approximate surface area is 257 Å². The molecule has 2 aromatic carbocycles. The van der Waals surface area contributed by atoms with Crippen LogP contribution in [0.5, 0.6) is 0 Å². The van der Waals surface area contributed by atoms with E-state index in [-0.39, 0.29) is 24.1 Å². The van der Waals surface area contributed by atoms with E-state index in [1.54, 1.807) is 40.2 Å². The molecule has 0 spiro atoms. The number of benzene rings is 2. The van der Waals surface area contributed by atoms with Crippen LogP contribution in [0.15, 0.2) is 72.4 Å². The maximum atomic E-state index is 13.3. The normalized spacial score (nSPS) is 11.7. The summed E-state index contributed by atoms with van der Waals surface area (Å²) < 4.78 is 5.49. The molecule has 0 saturated heterocycles. The van der Waals surface area contributed by atoms with Crippen LogP contribution in [0.1, 0.15) is 61.7 Å². The number of nitriles is 1. The smallest absolute Gasteiger partial charge is 0.272 e. The van der Waals surface area contributed by atoms with Gasteiger partial charge in [0.1, 0.15) is 5.65 Å². The summed E-state index contributed by atoms with van der Waals surface area (Å²) in [7, 11) is 0. The SMILES string of the molecule is CC(C)Cc1ccc(C(=O)N[C@H](CNC(=O)c2csnn2)Cc2ccc(-c3cn4cccc(C(N)=O)c4n3)cc2)cc1C#N. The number of carbonyl (C=O) groups is 3. The second-order valence-electron chi connectivity index (χ2n) is 10.8. The summed E-state index contributed by atoms with van der Waals surface area (Å²) in [6, 6.07) is 17.9. The molecule has 0 aliphatic carbocycles. The number of amides is 3. The summed E-state index contributed by atoms with van der Waals surface area (Å²) in [5, 5.41) is 20.9. The van der Waals surface area contributed by atoms with E-state index in [1.165, 1.54) is 0 Å². The van der Waals surface area contributed by atoms with Gasteiger partial charge in [-0.1, -0.05) is 48.7 Å². The van der Waals surface area contributed by atoms with Gasteiger partial charge in [0.25, 0.3) is 17.7 Å². The van der Waals surface area contributed by atoms with E-state index in [0.29, 0.717) is 40.4 Å². The number of hydrogen-bond acceptors (Lipinski definition) is 8. The van der Waals surface area contributed by atoms with Gasteiger partial charge in [-0.15, -0.1) is 5.10 Å². The van der Waals surface area contributed by atoms with Crippen molar-refractivity contribution in [1.29, 1.82) is 5.26 Å². The number of primary amides is 1. The molecule has 0 unspecified atom stereocenters. The molecule has 0 bridgehead atoms. The third-order valence-electron chi connectivity index (χ3n) is 7.04. The summed E-state index contributed by atoms with van der Waals surface area (Å²) in [5.41, 5.74) is 10.7. The molecule has 0 aliphatic rings. The molecule has 5 aromatic rings. The molecule has 3 amide bonds. The molecule has 222 valence electrons. The molecule has 44 heavy (non-hydrogen) atoms. The lowest BCUT2D eigenvalue weighted by atomic mass is 9.96. The van der Waals surface area contributed by atoms with Gasteiger partial charge in [-0.25, -0.2) is 4.98 Å². The molecular formula is C32H30N8O3S.